The Labute approximate surface area is 178 Å². The topological polar surface area (TPSA) is 9.37 Å². The van der Waals surface area contributed by atoms with E-state index in [4.69, 9.17) is 0 Å². The first-order valence-corrected chi connectivity index (χ1v) is 10.5. The van der Waals surface area contributed by atoms with Crippen LogP contribution in [0.25, 0.3) is 0 Å². The molecule has 30 heavy (non-hydrogen) atoms. The van der Waals surface area contributed by atoms with Gasteiger partial charge in [-0.3, -0.25) is 0 Å². The molecule has 1 N–H and O–H groups in total. The van der Waals surface area contributed by atoms with Crippen LogP contribution in [0.5, 0.6) is 0 Å². The Morgan fingerprint density at radius 3 is 2.13 bits per heavy atom. The smallest absolute Gasteiger partial charge is 0.123 e. The van der Waals surface area contributed by atoms with Crippen molar-refractivity contribution in [3.05, 3.63) is 131 Å². The summed E-state index contributed by atoms with van der Waals surface area (Å²) in [5.74, 6) is -0.185. The van der Waals surface area contributed by atoms with Crippen molar-refractivity contribution in [1.29, 1.82) is 0 Å². The minimum absolute atomic E-state index is 0.185. The Kier molecular flexibility index (Phi) is 6.41. The molecular weight excluding hydrogens is 371 g/mol. The summed E-state index contributed by atoms with van der Waals surface area (Å²) < 4.78 is 15.7. The fourth-order valence-electron chi connectivity index (χ4n) is 3.99. The second kappa shape index (κ2) is 9.55. The normalized spacial score (nSPS) is 12.1. The van der Waals surface area contributed by atoms with Crippen LogP contribution in [-0.4, -0.2) is 4.57 Å². The van der Waals surface area contributed by atoms with Crippen molar-refractivity contribution in [3.8, 4) is 0 Å². The van der Waals surface area contributed by atoms with Crippen molar-refractivity contribution >= 4 is 0 Å². The lowest BCUT2D eigenvalue weighted by Gasteiger charge is -2.21. The Morgan fingerprint density at radius 2 is 1.40 bits per heavy atom. The van der Waals surface area contributed by atoms with Gasteiger partial charge < -0.3 is 9.47 Å². The molecule has 4 aromatic rings. The quantitative estimate of drug-likeness (QED) is 0.437. The van der Waals surface area contributed by atoms with Crippen LogP contribution in [0.1, 0.15) is 27.9 Å². The number of nitrogens with zero attached hydrogens (tertiary/aromatic N) is 1. The second-order valence-electron chi connectivity index (χ2n) is 8.01. The van der Waals surface area contributed by atoms with Gasteiger partial charge in [0.1, 0.15) is 25.5 Å². The maximum absolute atomic E-state index is 13.4. The van der Waals surface area contributed by atoms with Crippen molar-refractivity contribution in [2.45, 2.75) is 33.1 Å². The molecule has 0 aliphatic rings. The summed E-state index contributed by atoms with van der Waals surface area (Å²) in [7, 11) is 0. The summed E-state index contributed by atoms with van der Waals surface area (Å²) >= 11 is 0. The van der Waals surface area contributed by atoms with Crippen molar-refractivity contribution in [2.75, 3.05) is 0 Å². The Morgan fingerprint density at radius 1 is 0.700 bits per heavy atom. The summed E-state index contributed by atoms with van der Waals surface area (Å²) in [6.45, 7) is 5.69. The Balaban J connectivity index is 1.54. The molecule has 1 atom stereocenters. The molecule has 0 fully saturated rings. The van der Waals surface area contributed by atoms with E-state index in [0.29, 0.717) is 0 Å². The average Bonchev–Trinajstić information content (AvgIpc) is 3.17. The number of aryl methyl sites for hydroxylation is 1. The van der Waals surface area contributed by atoms with Crippen molar-refractivity contribution in [2.24, 2.45) is 0 Å². The van der Waals surface area contributed by atoms with E-state index in [0.717, 1.165) is 31.7 Å². The summed E-state index contributed by atoms with van der Waals surface area (Å²) in [5, 5.41) is 0. The number of hydrogen-bond acceptors (Lipinski definition) is 0. The van der Waals surface area contributed by atoms with E-state index in [1.165, 1.54) is 27.3 Å². The first-order chi connectivity index (χ1) is 14.7. The zero-order valence-electron chi connectivity index (χ0n) is 17.4. The number of halogens is 1. The third kappa shape index (κ3) is 5.46. The molecule has 2 nitrogen and oxygen atoms in total. The third-order valence-corrected chi connectivity index (χ3v) is 5.45. The van der Waals surface area contributed by atoms with Gasteiger partial charge in [-0.25, -0.2) is 4.39 Å². The van der Waals surface area contributed by atoms with Gasteiger partial charge in [0.2, 0.25) is 0 Å². The molecule has 0 aliphatic heterocycles. The maximum Gasteiger partial charge on any atom is 0.123 e. The molecule has 152 valence electrons. The number of rotatable bonds is 8. The summed E-state index contributed by atoms with van der Waals surface area (Å²) in [6.07, 6.45) is 2.16. The number of aromatic nitrogens is 1. The SMILES string of the molecule is Cc1cccc(Cn2cccc2C[NH+](Cc2ccccc2)Cc2ccc(F)cc2)c1. The predicted octanol–water partition coefficient (Wildman–Crippen LogP) is 4.77. The highest BCUT2D eigenvalue weighted by Crippen LogP contribution is 2.10. The molecule has 3 heteroatoms. The summed E-state index contributed by atoms with van der Waals surface area (Å²) in [6, 6.07) is 30.5. The van der Waals surface area contributed by atoms with Crippen LogP contribution in [-0.2, 0) is 26.2 Å². The Hall–Kier alpha value is -3.17. The van der Waals surface area contributed by atoms with E-state index in [-0.39, 0.29) is 5.82 Å². The van der Waals surface area contributed by atoms with Crippen molar-refractivity contribution in [1.82, 2.24) is 4.57 Å². The molecule has 0 saturated heterocycles. The molecule has 1 heterocycles. The number of benzene rings is 3. The van der Waals surface area contributed by atoms with Crippen LogP contribution < -0.4 is 4.90 Å². The first kappa shape index (κ1) is 20.1. The average molecular weight is 400 g/mol. The Bertz CT molecular complexity index is 1070. The number of hydrogen-bond donors (Lipinski definition) is 1. The monoisotopic (exact) mass is 399 g/mol. The molecule has 0 bridgehead atoms. The van der Waals surface area contributed by atoms with E-state index < -0.39 is 0 Å². The second-order valence-corrected chi connectivity index (χ2v) is 8.01. The molecule has 0 spiro atoms. The molecule has 1 aromatic heterocycles. The van der Waals surface area contributed by atoms with Crippen LogP contribution in [0.15, 0.2) is 97.2 Å². The fourth-order valence-corrected chi connectivity index (χ4v) is 3.99. The molecule has 3 aromatic carbocycles. The van der Waals surface area contributed by atoms with Crippen LogP contribution in [0.4, 0.5) is 4.39 Å². The fraction of sp³-hybridized carbons (Fsp3) is 0.185. The largest absolute Gasteiger partial charge is 0.342 e. The van der Waals surface area contributed by atoms with Gasteiger partial charge in [-0.1, -0.05) is 72.3 Å². The van der Waals surface area contributed by atoms with E-state index in [9.17, 15) is 4.39 Å². The van der Waals surface area contributed by atoms with Crippen molar-refractivity contribution in [3.63, 3.8) is 0 Å². The molecular formula is C27H28FN2+. The van der Waals surface area contributed by atoms with Gasteiger partial charge in [-0.05, 0) is 36.8 Å². The van der Waals surface area contributed by atoms with Crippen LogP contribution in [0, 0.1) is 12.7 Å². The summed E-state index contributed by atoms with van der Waals surface area (Å²) in [4.78, 5) is 1.43. The molecule has 1 unspecified atom stereocenters. The molecule has 0 radical (unpaired) electrons. The van der Waals surface area contributed by atoms with Gasteiger partial charge in [-0.15, -0.1) is 0 Å². The molecule has 0 saturated carbocycles. The van der Waals surface area contributed by atoms with E-state index in [2.05, 4.69) is 84.4 Å². The maximum atomic E-state index is 13.4. The molecule has 0 amide bonds. The number of quaternary nitrogens is 1. The van der Waals surface area contributed by atoms with Crippen LogP contribution in [0.3, 0.4) is 0 Å². The van der Waals surface area contributed by atoms with Gasteiger partial charge in [0, 0.05) is 23.9 Å². The molecule has 4 rings (SSSR count). The van der Waals surface area contributed by atoms with Gasteiger partial charge in [-0.2, -0.15) is 0 Å². The van der Waals surface area contributed by atoms with Crippen molar-refractivity contribution < 1.29 is 9.29 Å². The van der Waals surface area contributed by atoms with E-state index >= 15 is 0 Å². The van der Waals surface area contributed by atoms with Crippen LogP contribution >= 0.6 is 0 Å². The third-order valence-electron chi connectivity index (χ3n) is 5.45. The highest BCUT2D eigenvalue weighted by atomic mass is 19.1. The van der Waals surface area contributed by atoms with E-state index in [1.807, 2.05) is 12.1 Å². The zero-order valence-corrected chi connectivity index (χ0v) is 17.4. The van der Waals surface area contributed by atoms with Gasteiger partial charge in [0.15, 0.2) is 0 Å². The van der Waals surface area contributed by atoms with E-state index in [1.54, 1.807) is 12.1 Å². The van der Waals surface area contributed by atoms with Crippen LogP contribution in [0.2, 0.25) is 0 Å². The number of nitrogens with one attached hydrogen (secondary N) is 1. The lowest BCUT2D eigenvalue weighted by Crippen LogP contribution is -3.08. The lowest BCUT2D eigenvalue weighted by atomic mass is 10.1. The first-order valence-electron chi connectivity index (χ1n) is 10.5. The zero-order chi connectivity index (χ0) is 20.8. The summed E-state index contributed by atoms with van der Waals surface area (Å²) in [5.41, 5.74) is 6.37. The lowest BCUT2D eigenvalue weighted by molar-refractivity contribution is -0.941. The highest BCUT2D eigenvalue weighted by Gasteiger charge is 2.15. The van der Waals surface area contributed by atoms with Gasteiger partial charge in [0.25, 0.3) is 0 Å². The standard InChI is InChI=1S/C27H27FN2/c1-22-7-5-10-25(17-22)20-30-16-6-11-27(30)21-29(18-23-8-3-2-4-9-23)19-24-12-14-26(28)15-13-24/h2-17H,18-21H2,1H3/p+1. The van der Waals surface area contributed by atoms with Gasteiger partial charge in [0.05, 0.1) is 5.69 Å². The predicted molar refractivity (Wildman–Crippen MR) is 120 cm³/mol. The highest BCUT2D eigenvalue weighted by molar-refractivity contribution is 5.23. The molecule has 0 aliphatic carbocycles. The minimum atomic E-state index is -0.185. The minimum Gasteiger partial charge on any atom is -0.342 e. The van der Waals surface area contributed by atoms with Gasteiger partial charge >= 0.3 is 0 Å².